The number of carbonyl (C=O) groups excluding carboxylic acids is 1. The number of likely N-dealkylation sites (tertiary alicyclic amines) is 1. The zero-order valence-electron chi connectivity index (χ0n) is 14.8. The van der Waals surface area contributed by atoms with Gasteiger partial charge in [-0.2, -0.15) is 0 Å². The van der Waals surface area contributed by atoms with Gasteiger partial charge in [-0.3, -0.25) is 4.79 Å². The highest BCUT2D eigenvalue weighted by molar-refractivity contribution is 7.92. The summed E-state index contributed by atoms with van der Waals surface area (Å²) in [7, 11) is -3.29. The Kier molecular flexibility index (Phi) is 6.40. The van der Waals surface area contributed by atoms with Crippen molar-refractivity contribution in [3.63, 3.8) is 0 Å². The van der Waals surface area contributed by atoms with Gasteiger partial charge in [0.15, 0.2) is 9.84 Å². The fourth-order valence-electron chi connectivity index (χ4n) is 2.93. The molecule has 1 aromatic rings. The van der Waals surface area contributed by atoms with E-state index in [4.69, 9.17) is 0 Å². The number of benzene rings is 1. The Morgan fingerprint density at radius 1 is 1.21 bits per heavy atom. The average molecular weight is 353 g/mol. The minimum Gasteiger partial charge on any atom is -0.339 e. The highest BCUT2D eigenvalue weighted by Gasteiger charge is 2.24. The summed E-state index contributed by atoms with van der Waals surface area (Å²) in [5, 5.41) is 2.90. The van der Waals surface area contributed by atoms with Gasteiger partial charge in [-0.05, 0) is 70.0 Å². The second kappa shape index (κ2) is 8.12. The number of carbonyl (C=O) groups is 1. The quantitative estimate of drug-likeness (QED) is 0.853. The van der Waals surface area contributed by atoms with Crippen LogP contribution in [0.15, 0.2) is 29.2 Å². The van der Waals surface area contributed by atoms with Crippen LogP contribution in [0.5, 0.6) is 0 Å². The van der Waals surface area contributed by atoms with Gasteiger partial charge >= 0.3 is 0 Å². The molecule has 1 saturated heterocycles. The van der Waals surface area contributed by atoms with Crippen molar-refractivity contribution in [3.05, 3.63) is 29.8 Å². The molecule has 0 aromatic heterocycles. The number of hydrogen-bond acceptors (Lipinski definition) is 4. The van der Waals surface area contributed by atoms with Gasteiger partial charge < -0.3 is 10.2 Å². The van der Waals surface area contributed by atoms with Crippen molar-refractivity contribution in [2.45, 2.75) is 43.8 Å². The van der Waals surface area contributed by atoms with E-state index in [1.165, 1.54) is 0 Å². The molecule has 24 heavy (non-hydrogen) atoms. The van der Waals surface area contributed by atoms with Crippen molar-refractivity contribution >= 4 is 15.7 Å². The van der Waals surface area contributed by atoms with E-state index in [9.17, 15) is 13.2 Å². The third-order valence-corrected chi connectivity index (χ3v) is 6.81. The lowest BCUT2D eigenvalue weighted by atomic mass is 9.96. The van der Waals surface area contributed by atoms with Gasteiger partial charge in [0.25, 0.3) is 5.91 Å². The number of hydrogen-bond donors (Lipinski definition) is 1. The molecule has 1 aliphatic rings. The van der Waals surface area contributed by atoms with E-state index in [1.54, 1.807) is 38.1 Å². The third-order valence-electron chi connectivity index (χ3n) is 4.64. The van der Waals surface area contributed by atoms with Crippen molar-refractivity contribution in [1.29, 1.82) is 0 Å². The van der Waals surface area contributed by atoms with Crippen LogP contribution in [0.25, 0.3) is 0 Å². The molecule has 0 bridgehead atoms. The highest BCUT2D eigenvalue weighted by Crippen LogP contribution is 2.20. The van der Waals surface area contributed by atoms with E-state index in [0.29, 0.717) is 11.5 Å². The minimum absolute atomic E-state index is 0.00889. The number of rotatable bonds is 6. The van der Waals surface area contributed by atoms with Crippen LogP contribution in [0.3, 0.4) is 0 Å². The fourth-order valence-corrected chi connectivity index (χ4v) is 3.99. The van der Waals surface area contributed by atoms with Crippen molar-refractivity contribution in [2.24, 2.45) is 5.92 Å². The first-order valence-corrected chi connectivity index (χ1v) is 10.2. The Labute approximate surface area is 145 Å². The molecule has 5 nitrogen and oxygen atoms in total. The van der Waals surface area contributed by atoms with Gasteiger partial charge in [0.2, 0.25) is 0 Å². The second-order valence-corrected chi connectivity index (χ2v) is 9.17. The molecule has 0 unspecified atom stereocenters. The van der Waals surface area contributed by atoms with Crippen molar-refractivity contribution < 1.29 is 13.2 Å². The smallest absolute Gasteiger partial charge is 0.253 e. The normalized spacial score (nSPS) is 16.6. The maximum Gasteiger partial charge on any atom is 0.253 e. The lowest BCUT2D eigenvalue weighted by Crippen LogP contribution is -2.40. The van der Waals surface area contributed by atoms with Gasteiger partial charge in [-0.15, -0.1) is 0 Å². The fraction of sp³-hybridized carbons (Fsp3) is 0.611. The largest absolute Gasteiger partial charge is 0.339 e. The van der Waals surface area contributed by atoms with Crippen LogP contribution in [-0.2, 0) is 9.84 Å². The molecule has 1 heterocycles. The molecule has 0 atom stereocenters. The van der Waals surface area contributed by atoms with Gasteiger partial charge in [-0.1, -0.05) is 6.92 Å². The molecule has 6 heteroatoms. The van der Waals surface area contributed by atoms with Crippen molar-refractivity contribution in [2.75, 3.05) is 26.2 Å². The molecule has 0 saturated carbocycles. The minimum atomic E-state index is -3.29. The topological polar surface area (TPSA) is 66.5 Å². The molecular formula is C18H28N2O3S. The number of piperidine rings is 1. The number of nitrogens with zero attached hydrogens (tertiary/aromatic N) is 1. The van der Waals surface area contributed by atoms with Crippen LogP contribution in [0.4, 0.5) is 0 Å². The van der Waals surface area contributed by atoms with Crippen molar-refractivity contribution in [1.82, 2.24) is 10.2 Å². The molecule has 1 aliphatic heterocycles. The van der Waals surface area contributed by atoms with E-state index < -0.39 is 15.1 Å². The Morgan fingerprint density at radius 2 is 1.79 bits per heavy atom. The highest BCUT2D eigenvalue weighted by atomic mass is 32.2. The Bertz CT molecular complexity index is 645. The summed E-state index contributed by atoms with van der Waals surface area (Å²) in [5.74, 6) is 0.623. The molecule has 1 aromatic carbocycles. The molecule has 0 aliphatic carbocycles. The predicted octanol–water partition coefficient (Wildman–Crippen LogP) is 2.33. The molecule has 0 spiro atoms. The summed E-state index contributed by atoms with van der Waals surface area (Å²) in [4.78, 5) is 14.7. The standard InChI is InChI=1S/C18H28N2O3S/c1-4-19-13-15-9-11-20(12-10-15)18(21)16-5-7-17(8-6-16)24(22,23)14(2)3/h5-8,14-15,19H,4,9-13H2,1-3H3. The average Bonchev–Trinajstić information content (AvgIpc) is 2.59. The van der Waals surface area contributed by atoms with Gasteiger partial charge in [0.1, 0.15) is 0 Å². The Hall–Kier alpha value is -1.40. The predicted molar refractivity (Wildman–Crippen MR) is 95.9 cm³/mol. The van der Waals surface area contributed by atoms with Crippen LogP contribution in [-0.4, -0.2) is 50.7 Å². The van der Waals surface area contributed by atoms with E-state index in [2.05, 4.69) is 12.2 Å². The summed E-state index contributed by atoms with van der Waals surface area (Å²) in [6.07, 6.45) is 2.02. The van der Waals surface area contributed by atoms with Crippen LogP contribution < -0.4 is 5.32 Å². The first kappa shape index (κ1) is 18.9. The molecule has 0 radical (unpaired) electrons. The lowest BCUT2D eigenvalue weighted by molar-refractivity contribution is 0.0690. The van der Waals surface area contributed by atoms with Gasteiger partial charge in [0, 0.05) is 18.7 Å². The van der Waals surface area contributed by atoms with E-state index in [1.807, 2.05) is 4.90 Å². The van der Waals surface area contributed by atoms with Gasteiger partial charge in [-0.25, -0.2) is 8.42 Å². The van der Waals surface area contributed by atoms with Crippen LogP contribution in [0.2, 0.25) is 0 Å². The van der Waals surface area contributed by atoms with Crippen molar-refractivity contribution in [3.8, 4) is 0 Å². The van der Waals surface area contributed by atoms with E-state index in [0.717, 1.165) is 39.0 Å². The number of nitrogens with one attached hydrogen (secondary N) is 1. The van der Waals surface area contributed by atoms with Crippen LogP contribution in [0.1, 0.15) is 44.0 Å². The summed E-state index contributed by atoms with van der Waals surface area (Å²) < 4.78 is 24.3. The lowest BCUT2D eigenvalue weighted by Gasteiger charge is -2.32. The maximum absolute atomic E-state index is 12.6. The zero-order chi connectivity index (χ0) is 17.7. The number of amides is 1. The van der Waals surface area contributed by atoms with Crippen LogP contribution in [0, 0.1) is 5.92 Å². The SMILES string of the molecule is CCNCC1CCN(C(=O)c2ccc(S(=O)(=O)C(C)C)cc2)CC1. The molecular weight excluding hydrogens is 324 g/mol. The maximum atomic E-state index is 12.6. The summed E-state index contributed by atoms with van der Waals surface area (Å²) in [6.45, 7) is 8.94. The van der Waals surface area contributed by atoms with E-state index in [-0.39, 0.29) is 10.8 Å². The number of sulfone groups is 1. The van der Waals surface area contributed by atoms with Gasteiger partial charge in [0.05, 0.1) is 10.1 Å². The molecule has 2 rings (SSSR count). The van der Waals surface area contributed by atoms with E-state index >= 15 is 0 Å². The Morgan fingerprint density at radius 3 is 2.29 bits per heavy atom. The molecule has 134 valence electrons. The molecule has 1 fully saturated rings. The monoisotopic (exact) mass is 352 g/mol. The summed E-state index contributed by atoms with van der Waals surface area (Å²) in [5.41, 5.74) is 0.558. The summed E-state index contributed by atoms with van der Waals surface area (Å²) >= 11 is 0. The van der Waals surface area contributed by atoms with Crippen LogP contribution >= 0.6 is 0 Å². The first-order valence-electron chi connectivity index (χ1n) is 8.70. The summed E-state index contributed by atoms with van der Waals surface area (Å²) in [6, 6.07) is 6.34. The Balaban J connectivity index is 1.99. The zero-order valence-corrected chi connectivity index (χ0v) is 15.6. The second-order valence-electron chi connectivity index (χ2n) is 6.66. The molecule has 1 amide bonds. The first-order chi connectivity index (χ1) is 11.4. The molecule has 1 N–H and O–H groups in total. The third kappa shape index (κ3) is 4.36.